The highest BCUT2D eigenvalue weighted by Gasteiger charge is 2.08. The van der Waals surface area contributed by atoms with Crippen molar-refractivity contribution in [2.75, 3.05) is 10.6 Å². The highest BCUT2D eigenvalue weighted by atomic mass is 35.5. The third-order valence-corrected chi connectivity index (χ3v) is 3.67. The van der Waals surface area contributed by atoms with Gasteiger partial charge in [-0.15, -0.1) is 5.10 Å². The topological polar surface area (TPSA) is 62.7 Å². The van der Waals surface area contributed by atoms with Crippen molar-refractivity contribution in [1.29, 1.82) is 0 Å². The summed E-state index contributed by atoms with van der Waals surface area (Å²) in [5.41, 5.74) is 1.93. The standard InChI is InChI=1S/C17H16ClN5/c1-12(13-7-3-2-4-8-13)20-17-22-16(11-19-23-17)21-15-10-6-5-9-14(15)18/h2-12H,1H3,(H2,20,21,22,23). The van der Waals surface area contributed by atoms with E-state index in [9.17, 15) is 0 Å². The second-order valence-electron chi connectivity index (χ2n) is 5.05. The molecule has 0 aliphatic rings. The van der Waals surface area contributed by atoms with E-state index in [0.717, 1.165) is 11.3 Å². The van der Waals surface area contributed by atoms with Crippen molar-refractivity contribution in [3.05, 3.63) is 71.4 Å². The van der Waals surface area contributed by atoms with Crippen LogP contribution in [0.2, 0.25) is 5.02 Å². The highest BCUT2D eigenvalue weighted by molar-refractivity contribution is 6.33. The normalized spacial score (nSPS) is 11.7. The lowest BCUT2D eigenvalue weighted by atomic mass is 10.1. The van der Waals surface area contributed by atoms with Crippen LogP contribution in [-0.4, -0.2) is 15.2 Å². The molecule has 1 atom stereocenters. The Balaban J connectivity index is 1.74. The van der Waals surface area contributed by atoms with E-state index < -0.39 is 0 Å². The first-order valence-corrected chi connectivity index (χ1v) is 7.63. The number of nitrogens with one attached hydrogen (secondary N) is 2. The molecule has 3 aromatic rings. The van der Waals surface area contributed by atoms with E-state index >= 15 is 0 Å². The lowest BCUT2D eigenvalue weighted by molar-refractivity contribution is 0.841. The first-order chi connectivity index (χ1) is 11.2. The average molecular weight is 326 g/mol. The van der Waals surface area contributed by atoms with Crippen LogP contribution in [-0.2, 0) is 0 Å². The molecule has 0 amide bonds. The van der Waals surface area contributed by atoms with Gasteiger partial charge in [-0.25, -0.2) is 0 Å². The summed E-state index contributed by atoms with van der Waals surface area (Å²) < 4.78 is 0. The van der Waals surface area contributed by atoms with Gasteiger partial charge < -0.3 is 10.6 Å². The number of rotatable bonds is 5. The van der Waals surface area contributed by atoms with Crippen molar-refractivity contribution in [2.24, 2.45) is 0 Å². The third kappa shape index (κ3) is 3.96. The maximum atomic E-state index is 6.14. The summed E-state index contributed by atoms with van der Waals surface area (Å²) in [4.78, 5) is 4.42. The number of para-hydroxylation sites is 1. The van der Waals surface area contributed by atoms with Crippen molar-refractivity contribution < 1.29 is 0 Å². The summed E-state index contributed by atoms with van der Waals surface area (Å²) in [5.74, 6) is 1.04. The Morgan fingerprint density at radius 1 is 1.00 bits per heavy atom. The molecule has 0 bridgehead atoms. The monoisotopic (exact) mass is 325 g/mol. The molecule has 0 aliphatic heterocycles. The molecule has 6 heteroatoms. The number of anilines is 3. The molecular weight excluding hydrogens is 310 g/mol. The van der Waals surface area contributed by atoms with Crippen LogP contribution in [0.4, 0.5) is 17.5 Å². The van der Waals surface area contributed by atoms with Gasteiger partial charge in [0.2, 0.25) is 5.95 Å². The Kier molecular flexibility index (Phi) is 4.68. The summed E-state index contributed by atoms with van der Waals surface area (Å²) >= 11 is 6.14. The van der Waals surface area contributed by atoms with Gasteiger partial charge in [-0.3, -0.25) is 0 Å². The van der Waals surface area contributed by atoms with Crippen molar-refractivity contribution >= 4 is 29.1 Å². The first kappa shape index (κ1) is 15.2. The summed E-state index contributed by atoms with van der Waals surface area (Å²) in [5, 5.41) is 15.0. The Morgan fingerprint density at radius 3 is 2.52 bits per heavy atom. The van der Waals surface area contributed by atoms with Crippen molar-refractivity contribution in [3.63, 3.8) is 0 Å². The van der Waals surface area contributed by atoms with Crippen LogP contribution in [0.1, 0.15) is 18.5 Å². The van der Waals surface area contributed by atoms with E-state index in [0.29, 0.717) is 16.8 Å². The van der Waals surface area contributed by atoms with Gasteiger partial charge in [0.25, 0.3) is 0 Å². The molecule has 0 spiro atoms. The average Bonchev–Trinajstić information content (AvgIpc) is 2.58. The fourth-order valence-corrected chi connectivity index (χ4v) is 2.33. The summed E-state index contributed by atoms with van der Waals surface area (Å²) in [6.45, 7) is 2.05. The predicted molar refractivity (Wildman–Crippen MR) is 93.0 cm³/mol. The largest absolute Gasteiger partial charge is 0.346 e. The van der Waals surface area contributed by atoms with Crippen LogP contribution < -0.4 is 10.6 Å². The van der Waals surface area contributed by atoms with Crippen LogP contribution in [0.3, 0.4) is 0 Å². The molecule has 0 radical (unpaired) electrons. The Morgan fingerprint density at radius 2 is 1.74 bits per heavy atom. The molecule has 0 saturated heterocycles. The number of aromatic nitrogens is 3. The van der Waals surface area contributed by atoms with E-state index in [4.69, 9.17) is 11.6 Å². The highest BCUT2D eigenvalue weighted by Crippen LogP contribution is 2.24. The number of benzene rings is 2. The van der Waals surface area contributed by atoms with E-state index in [2.05, 4.69) is 37.9 Å². The predicted octanol–water partition coefficient (Wildman–Crippen LogP) is 4.44. The fourth-order valence-electron chi connectivity index (χ4n) is 2.14. The zero-order valence-corrected chi connectivity index (χ0v) is 13.3. The smallest absolute Gasteiger partial charge is 0.245 e. The van der Waals surface area contributed by atoms with Gasteiger partial charge in [0.05, 0.1) is 22.9 Å². The molecule has 1 aromatic heterocycles. The SMILES string of the molecule is CC(Nc1nncc(Nc2ccccc2Cl)n1)c1ccccc1. The van der Waals surface area contributed by atoms with Gasteiger partial charge in [-0.05, 0) is 24.6 Å². The minimum Gasteiger partial charge on any atom is -0.346 e. The maximum Gasteiger partial charge on any atom is 0.245 e. The zero-order valence-electron chi connectivity index (χ0n) is 12.6. The van der Waals surface area contributed by atoms with Crippen LogP contribution in [0.5, 0.6) is 0 Å². The summed E-state index contributed by atoms with van der Waals surface area (Å²) in [7, 11) is 0. The van der Waals surface area contributed by atoms with Gasteiger partial charge in [0.15, 0.2) is 5.82 Å². The van der Waals surface area contributed by atoms with Gasteiger partial charge >= 0.3 is 0 Å². The Hall–Kier alpha value is -2.66. The molecule has 2 aromatic carbocycles. The Bertz CT molecular complexity index is 779. The number of halogens is 1. The van der Waals surface area contributed by atoms with E-state index in [1.807, 2.05) is 49.4 Å². The van der Waals surface area contributed by atoms with Crippen molar-refractivity contribution in [1.82, 2.24) is 15.2 Å². The van der Waals surface area contributed by atoms with E-state index in [-0.39, 0.29) is 6.04 Å². The molecule has 1 unspecified atom stereocenters. The van der Waals surface area contributed by atoms with Crippen LogP contribution in [0.15, 0.2) is 60.8 Å². The van der Waals surface area contributed by atoms with E-state index in [1.165, 1.54) is 0 Å². The maximum absolute atomic E-state index is 6.14. The molecular formula is C17H16ClN5. The third-order valence-electron chi connectivity index (χ3n) is 3.34. The van der Waals surface area contributed by atoms with Crippen LogP contribution >= 0.6 is 11.6 Å². The molecule has 0 aliphatic carbocycles. The van der Waals surface area contributed by atoms with Gasteiger partial charge in [0.1, 0.15) is 0 Å². The van der Waals surface area contributed by atoms with Crippen molar-refractivity contribution in [2.45, 2.75) is 13.0 Å². The number of nitrogens with zero attached hydrogens (tertiary/aromatic N) is 3. The molecule has 23 heavy (non-hydrogen) atoms. The van der Waals surface area contributed by atoms with Crippen LogP contribution in [0, 0.1) is 0 Å². The second-order valence-corrected chi connectivity index (χ2v) is 5.45. The van der Waals surface area contributed by atoms with Gasteiger partial charge in [-0.1, -0.05) is 54.1 Å². The zero-order chi connectivity index (χ0) is 16.1. The minimum absolute atomic E-state index is 0.0774. The number of hydrogen-bond donors (Lipinski definition) is 2. The molecule has 0 fully saturated rings. The first-order valence-electron chi connectivity index (χ1n) is 7.25. The van der Waals surface area contributed by atoms with Crippen molar-refractivity contribution in [3.8, 4) is 0 Å². The molecule has 1 heterocycles. The quantitative estimate of drug-likeness (QED) is 0.726. The summed E-state index contributed by atoms with van der Waals surface area (Å²) in [6.07, 6.45) is 1.56. The van der Waals surface area contributed by atoms with E-state index in [1.54, 1.807) is 6.20 Å². The lowest BCUT2D eigenvalue weighted by Gasteiger charge is -2.14. The fraction of sp³-hybridized carbons (Fsp3) is 0.118. The number of hydrogen-bond acceptors (Lipinski definition) is 5. The molecule has 0 saturated carbocycles. The Labute approximate surface area is 139 Å². The second kappa shape index (κ2) is 7.07. The molecule has 2 N–H and O–H groups in total. The minimum atomic E-state index is 0.0774. The molecule has 5 nitrogen and oxygen atoms in total. The van der Waals surface area contributed by atoms with Gasteiger partial charge in [0, 0.05) is 0 Å². The van der Waals surface area contributed by atoms with Crippen LogP contribution in [0.25, 0.3) is 0 Å². The summed E-state index contributed by atoms with van der Waals surface area (Å²) in [6, 6.07) is 17.6. The lowest BCUT2D eigenvalue weighted by Crippen LogP contribution is -2.10. The molecule has 3 rings (SSSR count). The molecule has 116 valence electrons. The van der Waals surface area contributed by atoms with Gasteiger partial charge in [-0.2, -0.15) is 10.1 Å².